The van der Waals surface area contributed by atoms with Gasteiger partial charge in [-0.1, -0.05) is 0 Å². The maximum atomic E-state index is 9.20. The molecule has 0 fully saturated rings. The molecule has 4 heteroatoms. The van der Waals surface area contributed by atoms with Crippen molar-refractivity contribution >= 4 is 11.3 Å². The standard InChI is InChI=1S/CH4NO2S/c1-2-5(3)4/h1H3,(H,3,4)/q-1/p-1. The van der Waals surface area contributed by atoms with Gasteiger partial charge in [-0.15, -0.1) is 0 Å². The van der Waals surface area contributed by atoms with Gasteiger partial charge in [0.25, 0.3) is 0 Å². The molecular weight excluding hydrogens is 90.1 g/mol. The molecule has 0 aromatic rings. The van der Waals surface area contributed by atoms with Crippen molar-refractivity contribution in [3.63, 3.8) is 0 Å². The molecule has 5 heavy (non-hydrogen) atoms. The van der Waals surface area contributed by atoms with Crippen molar-refractivity contribution in [2.45, 2.75) is 0 Å². The summed E-state index contributed by atoms with van der Waals surface area (Å²) < 4.78 is 21.2. The van der Waals surface area contributed by atoms with Gasteiger partial charge in [-0.2, -0.15) is 18.3 Å². The van der Waals surface area contributed by atoms with Gasteiger partial charge in [-0.3, -0.25) is 4.21 Å². The first-order valence-electron chi connectivity index (χ1n) is 0.963. The highest BCUT2D eigenvalue weighted by Gasteiger charge is 1.37. The van der Waals surface area contributed by atoms with E-state index in [-0.39, 0.29) is 0 Å². The van der Waals surface area contributed by atoms with Crippen LogP contribution in [-0.2, 0) is 11.3 Å². The molecule has 0 aromatic heterocycles. The number of rotatable bonds is 1. The summed E-state index contributed by atoms with van der Waals surface area (Å²) in [6.45, 7) is 0. The van der Waals surface area contributed by atoms with Crippen LogP contribution in [0, 0.1) is 0 Å². The van der Waals surface area contributed by atoms with Gasteiger partial charge in [0.15, 0.2) is 0 Å². The summed E-state index contributed by atoms with van der Waals surface area (Å²) in [4.78, 5) is 0. The first-order chi connectivity index (χ1) is 2.27. The smallest absolute Gasteiger partial charge is 0.153 e. The Kier molecular flexibility index (Phi) is 2.35. The predicted molar refractivity (Wildman–Crippen MR) is 18.2 cm³/mol. The lowest BCUT2D eigenvalue weighted by molar-refractivity contribution is 0.544. The van der Waals surface area contributed by atoms with E-state index in [0.717, 1.165) is 0 Å². The summed E-state index contributed by atoms with van der Waals surface area (Å²) in [6, 6.07) is 0. The molecule has 0 aliphatic carbocycles. The molecule has 0 bridgehead atoms. The van der Waals surface area contributed by atoms with Gasteiger partial charge in [-0.05, 0) is 0 Å². The molecule has 0 aliphatic rings. The summed E-state index contributed by atoms with van der Waals surface area (Å²) in [5.74, 6) is 0. The Morgan fingerprint density at radius 1 is 2.00 bits per heavy atom. The van der Waals surface area contributed by atoms with Crippen molar-refractivity contribution in [2.24, 2.45) is 0 Å². The lowest BCUT2D eigenvalue weighted by Crippen LogP contribution is -1.76. The van der Waals surface area contributed by atoms with Crippen LogP contribution in [0.1, 0.15) is 0 Å². The van der Waals surface area contributed by atoms with Crippen molar-refractivity contribution < 1.29 is 8.76 Å². The van der Waals surface area contributed by atoms with Crippen LogP contribution in [0.3, 0.4) is 0 Å². The Labute approximate surface area is 32.8 Å². The van der Waals surface area contributed by atoms with Gasteiger partial charge in [0.05, 0.1) is 0 Å². The fourth-order valence-electron chi connectivity index (χ4n) is 0. The first kappa shape index (κ1) is 5.07. The van der Waals surface area contributed by atoms with E-state index in [9.17, 15) is 8.76 Å². The Hall–Kier alpha value is 0.0700. The van der Waals surface area contributed by atoms with Gasteiger partial charge in [0.1, 0.15) is 0 Å². The lowest BCUT2D eigenvalue weighted by atomic mass is 11.6. The molecule has 0 saturated heterocycles. The average molecular weight is 93.1 g/mol. The highest BCUT2D eigenvalue weighted by molar-refractivity contribution is 7.81. The van der Waals surface area contributed by atoms with Crippen molar-refractivity contribution in [1.29, 1.82) is 0 Å². The summed E-state index contributed by atoms with van der Waals surface area (Å²) in [5, 5.41) is 0. The zero-order chi connectivity index (χ0) is 4.28. The Bertz CT molecular complexity index is 44.9. The average Bonchev–Trinajstić information content (AvgIpc) is 1.38. The highest BCUT2D eigenvalue weighted by Crippen LogP contribution is 1.76. The van der Waals surface area contributed by atoms with E-state index in [1.54, 1.807) is 0 Å². The Morgan fingerprint density at radius 2 is 2.20 bits per heavy atom. The molecule has 0 spiro atoms. The first-order valence-corrected chi connectivity index (χ1v) is 1.99. The second-order valence-corrected chi connectivity index (χ2v) is 1.20. The van der Waals surface area contributed by atoms with Gasteiger partial charge >= 0.3 is 0 Å². The van der Waals surface area contributed by atoms with Crippen LogP contribution in [0.25, 0.3) is 4.72 Å². The molecule has 32 valence electrons. The third-order valence-electron chi connectivity index (χ3n) is 0.149. The predicted octanol–water partition coefficient (Wildman–Crippen LogP) is -0.216. The van der Waals surface area contributed by atoms with E-state index in [1.807, 2.05) is 0 Å². The number of hydrogen-bond acceptors (Lipinski definition) is 2. The van der Waals surface area contributed by atoms with E-state index >= 15 is 0 Å². The topological polar surface area (TPSA) is 54.2 Å². The van der Waals surface area contributed by atoms with Crippen molar-refractivity contribution in [3.8, 4) is 0 Å². The SMILES string of the molecule is C[N-]S(=O)[O-]. The van der Waals surface area contributed by atoms with E-state index in [1.165, 1.54) is 7.05 Å². The van der Waals surface area contributed by atoms with E-state index in [2.05, 4.69) is 4.72 Å². The van der Waals surface area contributed by atoms with Crippen LogP contribution in [-0.4, -0.2) is 15.8 Å². The van der Waals surface area contributed by atoms with Crippen LogP contribution >= 0.6 is 0 Å². The molecule has 0 aliphatic heterocycles. The van der Waals surface area contributed by atoms with Crippen molar-refractivity contribution in [2.75, 3.05) is 7.05 Å². The maximum Gasteiger partial charge on any atom is -0.153 e. The van der Waals surface area contributed by atoms with Crippen LogP contribution in [0.15, 0.2) is 0 Å². The van der Waals surface area contributed by atoms with Crippen LogP contribution in [0.4, 0.5) is 0 Å². The minimum Gasteiger partial charge on any atom is -0.789 e. The van der Waals surface area contributed by atoms with E-state index < -0.39 is 11.3 Å². The van der Waals surface area contributed by atoms with Crippen LogP contribution in [0.5, 0.6) is 0 Å². The molecule has 0 rings (SSSR count). The number of nitrogens with zero attached hydrogens (tertiary/aromatic N) is 1. The fraction of sp³-hybridized carbons (Fsp3) is 1.00. The zero-order valence-corrected chi connectivity index (χ0v) is 3.49. The largest absolute Gasteiger partial charge is 0.789 e. The molecule has 0 N–H and O–H groups in total. The molecule has 0 radical (unpaired) electrons. The molecular formula is CH3NO2S-2. The third kappa shape index (κ3) is 4.07. The van der Waals surface area contributed by atoms with E-state index in [4.69, 9.17) is 0 Å². The minimum atomic E-state index is -2.20. The minimum absolute atomic E-state index is 1.21. The quantitative estimate of drug-likeness (QED) is 0.421. The summed E-state index contributed by atoms with van der Waals surface area (Å²) in [5.41, 5.74) is 0. The molecule has 1 unspecified atom stereocenters. The maximum absolute atomic E-state index is 9.20. The van der Waals surface area contributed by atoms with Gasteiger partial charge in [-0.25, -0.2) is 0 Å². The second-order valence-electron chi connectivity index (χ2n) is 0.400. The zero-order valence-electron chi connectivity index (χ0n) is 2.67. The second kappa shape index (κ2) is 2.32. The van der Waals surface area contributed by atoms with Gasteiger partial charge in [0, 0.05) is 0 Å². The molecule has 3 nitrogen and oxygen atoms in total. The van der Waals surface area contributed by atoms with Crippen molar-refractivity contribution in [3.05, 3.63) is 4.72 Å². The Morgan fingerprint density at radius 3 is 2.20 bits per heavy atom. The lowest BCUT2D eigenvalue weighted by Gasteiger charge is -2.14. The Balaban J connectivity index is 2.85. The highest BCUT2D eigenvalue weighted by atomic mass is 32.2. The fourth-order valence-corrected chi connectivity index (χ4v) is 0. The molecule has 0 saturated carbocycles. The van der Waals surface area contributed by atoms with Gasteiger partial charge in [0.2, 0.25) is 0 Å². The summed E-state index contributed by atoms with van der Waals surface area (Å²) in [7, 11) is 1.21. The molecule has 0 aromatic carbocycles. The monoisotopic (exact) mass is 93.0 g/mol. The molecule has 1 atom stereocenters. The molecule has 0 amide bonds. The third-order valence-corrected chi connectivity index (χ3v) is 0.447. The van der Waals surface area contributed by atoms with Crippen LogP contribution < -0.4 is 0 Å². The van der Waals surface area contributed by atoms with Crippen LogP contribution in [0.2, 0.25) is 0 Å². The summed E-state index contributed by atoms with van der Waals surface area (Å²) in [6.07, 6.45) is 0. The van der Waals surface area contributed by atoms with Gasteiger partial charge < -0.3 is 9.27 Å². The molecule has 0 heterocycles. The normalized spacial score (nSPS) is 14.8. The van der Waals surface area contributed by atoms with Crippen molar-refractivity contribution in [1.82, 2.24) is 0 Å². The van der Waals surface area contributed by atoms with E-state index in [0.29, 0.717) is 0 Å². The number of hydrogen-bond donors (Lipinski definition) is 0. The summed E-state index contributed by atoms with van der Waals surface area (Å²) >= 11 is -2.20.